The number of benzene rings is 2. The van der Waals surface area contributed by atoms with E-state index in [1.165, 1.54) is 0 Å². The Bertz CT molecular complexity index is 1110. The molecule has 2 atom stereocenters. The van der Waals surface area contributed by atoms with Crippen molar-refractivity contribution < 1.29 is 14.6 Å². The van der Waals surface area contributed by atoms with Crippen molar-refractivity contribution >= 4 is 16.8 Å². The molecule has 6 heteroatoms. The summed E-state index contributed by atoms with van der Waals surface area (Å²) >= 11 is 0. The number of piperidine rings is 1. The van der Waals surface area contributed by atoms with Crippen LogP contribution in [0.4, 0.5) is 0 Å². The van der Waals surface area contributed by atoms with Gasteiger partial charge < -0.3 is 14.7 Å². The Labute approximate surface area is 188 Å². The lowest BCUT2D eigenvalue weighted by atomic mass is 9.79. The van der Waals surface area contributed by atoms with Crippen LogP contribution in [0.2, 0.25) is 0 Å². The molecule has 0 spiro atoms. The fourth-order valence-electron chi connectivity index (χ4n) is 5.13. The highest BCUT2D eigenvalue weighted by Gasteiger charge is 2.47. The number of rotatable bonds is 3. The summed E-state index contributed by atoms with van der Waals surface area (Å²) in [7, 11) is 0. The number of pyridine rings is 1. The largest absolute Gasteiger partial charge is 0.383 e. The standard InChI is InChI=1S/C26H29N3O3/c1-19-17-22(21-9-5-6-10-23(21)27-19)25(30)29-12-11-26(31,20-7-3-2-4-8-20)24(18-29)28-13-15-32-16-14-28/h2-10,17,24,31H,11-16,18H2,1H3/t24-,26+/m1/s1. The molecular formula is C26H29N3O3. The lowest BCUT2D eigenvalue weighted by molar-refractivity contribution is -0.112. The van der Waals surface area contributed by atoms with Gasteiger partial charge in [-0.25, -0.2) is 0 Å². The third-order valence-electron chi connectivity index (χ3n) is 6.83. The number of aryl methyl sites for hydroxylation is 1. The molecule has 3 heterocycles. The second kappa shape index (κ2) is 8.62. The number of nitrogens with zero attached hydrogens (tertiary/aromatic N) is 3. The van der Waals surface area contributed by atoms with Gasteiger partial charge in [0.25, 0.3) is 5.91 Å². The van der Waals surface area contributed by atoms with Crippen molar-refractivity contribution in [2.24, 2.45) is 0 Å². The Hall–Kier alpha value is -2.80. The third-order valence-corrected chi connectivity index (χ3v) is 6.83. The van der Waals surface area contributed by atoms with Gasteiger partial charge in [-0.3, -0.25) is 14.7 Å². The molecule has 2 aliphatic heterocycles. The maximum absolute atomic E-state index is 13.7. The normalized spacial score (nSPS) is 24.6. The first-order valence-electron chi connectivity index (χ1n) is 11.3. The van der Waals surface area contributed by atoms with Crippen LogP contribution in [-0.4, -0.2) is 71.2 Å². The molecule has 1 N–H and O–H groups in total. The lowest BCUT2D eigenvalue weighted by Gasteiger charge is -2.50. The van der Waals surface area contributed by atoms with Crippen LogP contribution in [0.25, 0.3) is 10.9 Å². The number of carbonyl (C=O) groups is 1. The molecule has 0 radical (unpaired) electrons. The van der Waals surface area contributed by atoms with Gasteiger partial charge in [-0.1, -0.05) is 48.5 Å². The van der Waals surface area contributed by atoms with Gasteiger partial charge in [-0.05, 0) is 31.0 Å². The van der Waals surface area contributed by atoms with Crippen molar-refractivity contribution in [3.05, 3.63) is 77.5 Å². The predicted molar refractivity (Wildman–Crippen MR) is 124 cm³/mol. The summed E-state index contributed by atoms with van der Waals surface area (Å²) in [5.74, 6) is 0.0000658. The van der Waals surface area contributed by atoms with Crippen molar-refractivity contribution in [2.45, 2.75) is 25.0 Å². The highest BCUT2D eigenvalue weighted by molar-refractivity contribution is 6.06. The molecule has 0 bridgehead atoms. The monoisotopic (exact) mass is 431 g/mol. The molecule has 1 aromatic heterocycles. The number of morpholine rings is 1. The number of ether oxygens (including phenoxy) is 1. The molecule has 2 saturated heterocycles. The van der Waals surface area contributed by atoms with Gasteiger partial charge in [0.1, 0.15) is 5.60 Å². The average Bonchev–Trinajstić information content (AvgIpc) is 2.84. The van der Waals surface area contributed by atoms with Gasteiger partial charge >= 0.3 is 0 Å². The Kier molecular flexibility index (Phi) is 5.67. The highest BCUT2D eigenvalue weighted by Crippen LogP contribution is 2.37. The maximum Gasteiger partial charge on any atom is 0.254 e. The van der Waals surface area contributed by atoms with Crippen LogP contribution >= 0.6 is 0 Å². The minimum atomic E-state index is -1.01. The molecule has 32 heavy (non-hydrogen) atoms. The van der Waals surface area contributed by atoms with Crippen molar-refractivity contribution in [3.63, 3.8) is 0 Å². The van der Waals surface area contributed by atoms with E-state index in [0.29, 0.717) is 38.3 Å². The Balaban J connectivity index is 1.49. The number of likely N-dealkylation sites (tertiary alicyclic amines) is 1. The molecule has 6 nitrogen and oxygen atoms in total. The number of aromatic nitrogens is 1. The van der Waals surface area contributed by atoms with E-state index in [-0.39, 0.29) is 11.9 Å². The summed E-state index contributed by atoms with van der Waals surface area (Å²) < 4.78 is 5.56. The Morgan fingerprint density at radius 2 is 1.78 bits per heavy atom. The first-order valence-corrected chi connectivity index (χ1v) is 11.3. The number of hydrogen-bond acceptors (Lipinski definition) is 5. The molecule has 2 aromatic carbocycles. The molecule has 1 amide bonds. The second-order valence-corrected chi connectivity index (χ2v) is 8.78. The molecular weight excluding hydrogens is 402 g/mol. The number of para-hydroxylation sites is 1. The first kappa shape index (κ1) is 21.1. The summed E-state index contributed by atoms with van der Waals surface area (Å²) in [6.45, 7) is 5.68. The zero-order valence-corrected chi connectivity index (χ0v) is 18.4. The summed E-state index contributed by atoms with van der Waals surface area (Å²) in [5.41, 5.74) is 2.24. The van der Waals surface area contributed by atoms with Gasteiger partial charge in [-0.15, -0.1) is 0 Å². The SMILES string of the molecule is Cc1cc(C(=O)N2CC[C@](O)(c3ccccc3)[C@H](N3CCOCC3)C2)c2ccccc2n1. The van der Waals surface area contributed by atoms with E-state index < -0.39 is 5.60 Å². The van der Waals surface area contributed by atoms with E-state index >= 15 is 0 Å². The van der Waals surface area contributed by atoms with Crippen molar-refractivity contribution in [1.29, 1.82) is 0 Å². The topological polar surface area (TPSA) is 65.9 Å². The maximum atomic E-state index is 13.7. The summed E-state index contributed by atoms with van der Waals surface area (Å²) in [5, 5.41) is 12.8. The zero-order chi connectivity index (χ0) is 22.1. The third kappa shape index (κ3) is 3.79. The van der Waals surface area contributed by atoms with E-state index in [4.69, 9.17) is 4.74 Å². The number of amides is 1. The van der Waals surface area contributed by atoms with Gasteiger partial charge in [0.15, 0.2) is 0 Å². The average molecular weight is 432 g/mol. The zero-order valence-electron chi connectivity index (χ0n) is 18.4. The summed E-state index contributed by atoms with van der Waals surface area (Å²) in [4.78, 5) is 22.5. The van der Waals surface area contributed by atoms with Crippen LogP contribution in [0, 0.1) is 6.92 Å². The first-order chi connectivity index (χ1) is 15.6. The van der Waals surface area contributed by atoms with Crippen LogP contribution in [0.5, 0.6) is 0 Å². The van der Waals surface area contributed by atoms with E-state index in [9.17, 15) is 9.90 Å². The van der Waals surface area contributed by atoms with E-state index in [1.54, 1.807) is 0 Å². The molecule has 0 saturated carbocycles. The van der Waals surface area contributed by atoms with Crippen LogP contribution in [0.15, 0.2) is 60.7 Å². The molecule has 5 rings (SSSR count). The minimum absolute atomic E-state index is 0.0000658. The van der Waals surface area contributed by atoms with Crippen LogP contribution in [-0.2, 0) is 10.3 Å². The second-order valence-electron chi connectivity index (χ2n) is 8.78. The molecule has 0 unspecified atom stereocenters. The molecule has 3 aromatic rings. The van der Waals surface area contributed by atoms with Crippen molar-refractivity contribution in [1.82, 2.24) is 14.8 Å². The fourth-order valence-corrected chi connectivity index (χ4v) is 5.13. The Morgan fingerprint density at radius 3 is 2.56 bits per heavy atom. The van der Waals surface area contributed by atoms with Crippen LogP contribution < -0.4 is 0 Å². The lowest BCUT2D eigenvalue weighted by Crippen LogP contribution is -2.63. The number of fused-ring (bicyclic) bond motifs is 1. The summed E-state index contributed by atoms with van der Waals surface area (Å²) in [6.07, 6.45) is 0.493. The smallest absolute Gasteiger partial charge is 0.254 e. The predicted octanol–water partition coefficient (Wildman–Crippen LogP) is 2.98. The Morgan fingerprint density at radius 1 is 1.06 bits per heavy atom. The summed E-state index contributed by atoms with van der Waals surface area (Å²) in [6, 6.07) is 19.3. The van der Waals surface area contributed by atoms with Crippen LogP contribution in [0.3, 0.4) is 0 Å². The van der Waals surface area contributed by atoms with Gasteiger partial charge in [-0.2, -0.15) is 0 Å². The molecule has 0 aliphatic carbocycles. The quantitative estimate of drug-likeness (QED) is 0.691. The van der Waals surface area contributed by atoms with Crippen molar-refractivity contribution in [3.8, 4) is 0 Å². The molecule has 2 aliphatic rings. The number of aliphatic hydroxyl groups is 1. The molecule has 166 valence electrons. The minimum Gasteiger partial charge on any atom is -0.383 e. The van der Waals surface area contributed by atoms with E-state index in [0.717, 1.165) is 35.2 Å². The van der Waals surface area contributed by atoms with E-state index in [2.05, 4.69) is 9.88 Å². The highest BCUT2D eigenvalue weighted by atomic mass is 16.5. The number of carbonyl (C=O) groups excluding carboxylic acids is 1. The van der Waals surface area contributed by atoms with Crippen molar-refractivity contribution in [2.75, 3.05) is 39.4 Å². The van der Waals surface area contributed by atoms with Gasteiger partial charge in [0.05, 0.1) is 30.3 Å². The van der Waals surface area contributed by atoms with Gasteiger partial charge in [0.2, 0.25) is 0 Å². The van der Waals surface area contributed by atoms with E-state index in [1.807, 2.05) is 72.5 Å². The fraction of sp³-hybridized carbons (Fsp3) is 0.385. The van der Waals surface area contributed by atoms with Crippen LogP contribution in [0.1, 0.15) is 28.0 Å². The van der Waals surface area contributed by atoms with Gasteiger partial charge in [0, 0.05) is 37.3 Å². The number of hydrogen-bond donors (Lipinski definition) is 1. The molecule has 2 fully saturated rings.